The number of esters is 1. The van der Waals surface area contributed by atoms with Crippen LogP contribution in [0.4, 0.5) is 8.78 Å². The number of alkyl halides is 2. The summed E-state index contributed by atoms with van der Waals surface area (Å²) in [4.78, 5) is 49.8. The largest absolute Gasteiger partial charge is 0.487 e. The van der Waals surface area contributed by atoms with Crippen LogP contribution in [0.5, 0.6) is 11.5 Å². The van der Waals surface area contributed by atoms with Crippen LogP contribution in [0, 0.1) is 16.0 Å². The highest BCUT2D eigenvalue weighted by Gasteiger charge is 2.48. The lowest BCUT2D eigenvalue weighted by Crippen LogP contribution is -2.47. The van der Waals surface area contributed by atoms with Crippen LogP contribution in [-0.4, -0.2) is 40.1 Å². The van der Waals surface area contributed by atoms with Gasteiger partial charge in [0.25, 0.3) is 11.0 Å². The van der Waals surface area contributed by atoms with Gasteiger partial charge in [0.1, 0.15) is 22.9 Å². The summed E-state index contributed by atoms with van der Waals surface area (Å²) in [7, 11) is 0. The molecule has 0 saturated heterocycles. The Morgan fingerprint density at radius 1 is 1.24 bits per heavy atom. The SMILES string of the molecule is CC1(C)Oc2cc(C(F)(F)CCCCCCO[N+](=O)[O-])cc(OC(=O)C=CC(=O)O)c2[C@@H]2CC(=O)CC[C@H]21. The number of ether oxygens (including phenoxy) is 2. The van der Waals surface area contributed by atoms with Gasteiger partial charge in [0.15, 0.2) is 0 Å². The van der Waals surface area contributed by atoms with Crippen molar-refractivity contribution in [3.63, 3.8) is 0 Å². The van der Waals surface area contributed by atoms with Crippen molar-refractivity contribution in [1.29, 1.82) is 0 Å². The predicted octanol–water partition coefficient (Wildman–Crippen LogP) is 5.11. The first kappa shape index (κ1) is 29.0. The Hall–Kier alpha value is -3.57. The van der Waals surface area contributed by atoms with E-state index in [1.807, 2.05) is 13.8 Å². The first-order chi connectivity index (χ1) is 17.8. The number of carboxylic acids is 1. The Balaban J connectivity index is 1.89. The molecule has 1 aliphatic carbocycles. The molecule has 0 aromatic heterocycles. The summed E-state index contributed by atoms with van der Waals surface area (Å²) in [5, 5.41) is 18.1. The molecule has 12 heteroatoms. The van der Waals surface area contributed by atoms with Gasteiger partial charge < -0.3 is 19.4 Å². The molecule has 0 radical (unpaired) electrons. The molecule has 1 aromatic carbocycles. The highest BCUT2D eigenvalue weighted by Crippen LogP contribution is 2.55. The first-order valence-corrected chi connectivity index (χ1v) is 12.5. The Kier molecular flexibility index (Phi) is 9.05. The molecular weight excluding hydrogens is 508 g/mol. The van der Waals surface area contributed by atoms with Crippen LogP contribution >= 0.6 is 0 Å². The fourth-order valence-corrected chi connectivity index (χ4v) is 5.22. The number of aliphatic carboxylic acids is 1. The van der Waals surface area contributed by atoms with Gasteiger partial charge in [-0.1, -0.05) is 12.8 Å². The molecule has 2 aliphatic rings. The zero-order chi connectivity index (χ0) is 28.1. The minimum atomic E-state index is -3.32. The number of nitrogens with zero attached hydrogens (tertiary/aromatic N) is 1. The van der Waals surface area contributed by atoms with E-state index >= 15 is 8.78 Å². The Morgan fingerprint density at radius 3 is 2.63 bits per heavy atom. The van der Waals surface area contributed by atoms with Crippen LogP contribution in [0.25, 0.3) is 0 Å². The second-order valence-corrected chi connectivity index (χ2v) is 10.1. The van der Waals surface area contributed by atoms with Crippen LogP contribution in [0.1, 0.15) is 82.3 Å². The van der Waals surface area contributed by atoms with Gasteiger partial charge in [-0.2, -0.15) is 0 Å². The molecular formula is C26H31F2NO9. The van der Waals surface area contributed by atoms with Crippen molar-refractivity contribution in [1.82, 2.24) is 0 Å². The number of hydrogen-bond acceptors (Lipinski definition) is 8. The van der Waals surface area contributed by atoms with Gasteiger partial charge in [0.2, 0.25) is 0 Å². The Morgan fingerprint density at radius 2 is 1.95 bits per heavy atom. The van der Waals surface area contributed by atoms with E-state index < -0.39 is 46.5 Å². The van der Waals surface area contributed by atoms with Crippen LogP contribution < -0.4 is 9.47 Å². The summed E-state index contributed by atoms with van der Waals surface area (Å²) in [6, 6.07) is 2.29. The highest BCUT2D eigenvalue weighted by atomic mass is 19.3. The van der Waals surface area contributed by atoms with E-state index in [0.717, 1.165) is 6.07 Å². The number of hydrogen-bond donors (Lipinski definition) is 1. The van der Waals surface area contributed by atoms with Crippen molar-refractivity contribution in [2.24, 2.45) is 5.92 Å². The highest BCUT2D eigenvalue weighted by molar-refractivity contribution is 5.92. The van der Waals surface area contributed by atoms with Crippen LogP contribution in [0.15, 0.2) is 24.3 Å². The van der Waals surface area contributed by atoms with Gasteiger partial charge in [0.05, 0.1) is 6.61 Å². The summed E-state index contributed by atoms with van der Waals surface area (Å²) in [5.41, 5.74) is -0.845. The third-order valence-corrected chi connectivity index (χ3v) is 6.99. The van der Waals surface area contributed by atoms with Gasteiger partial charge in [-0.05, 0) is 45.2 Å². The van der Waals surface area contributed by atoms with Crippen molar-refractivity contribution in [3.8, 4) is 11.5 Å². The predicted molar refractivity (Wildman–Crippen MR) is 129 cm³/mol. The molecule has 10 nitrogen and oxygen atoms in total. The number of unbranched alkanes of at least 4 members (excludes halogenated alkanes) is 3. The van der Waals surface area contributed by atoms with Crippen LogP contribution in [0.2, 0.25) is 0 Å². The van der Waals surface area contributed by atoms with Crippen LogP contribution in [0.3, 0.4) is 0 Å². The Labute approximate surface area is 218 Å². The summed E-state index contributed by atoms with van der Waals surface area (Å²) < 4.78 is 42.1. The number of ketones is 1. The fourth-order valence-electron chi connectivity index (χ4n) is 5.22. The molecule has 1 aromatic rings. The van der Waals surface area contributed by atoms with Crippen LogP contribution in [-0.2, 0) is 25.1 Å². The van der Waals surface area contributed by atoms with E-state index in [4.69, 9.17) is 14.6 Å². The zero-order valence-corrected chi connectivity index (χ0v) is 21.2. The van der Waals surface area contributed by atoms with Crippen molar-refractivity contribution in [3.05, 3.63) is 45.5 Å². The maximum absolute atomic E-state index is 15.3. The monoisotopic (exact) mass is 539 g/mol. The third kappa shape index (κ3) is 7.26. The number of carbonyl (C=O) groups excluding carboxylic acids is 2. The summed E-state index contributed by atoms with van der Waals surface area (Å²) in [6.07, 6.45) is 3.15. The summed E-state index contributed by atoms with van der Waals surface area (Å²) >= 11 is 0. The average molecular weight is 540 g/mol. The number of fused-ring (bicyclic) bond motifs is 3. The maximum Gasteiger partial charge on any atom is 0.336 e. The van der Waals surface area contributed by atoms with Gasteiger partial charge in [-0.25, -0.2) is 18.4 Å². The number of halogens is 2. The molecule has 1 heterocycles. The van der Waals surface area contributed by atoms with Gasteiger partial charge in [-0.3, -0.25) is 4.79 Å². The number of carbonyl (C=O) groups is 3. The lowest BCUT2D eigenvalue weighted by molar-refractivity contribution is -0.757. The molecule has 0 bridgehead atoms. The molecule has 1 fully saturated rings. The Bertz CT molecular complexity index is 1120. The molecule has 2 atom stereocenters. The van der Waals surface area contributed by atoms with Gasteiger partial charge >= 0.3 is 11.9 Å². The van der Waals surface area contributed by atoms with Gasteiger partial charge in [-0.15, -0.1) is 10.1 Å². The average Bonchev–Trinajstić information content (AvgIpc) is 2.81. The van der Waals surface area contributed by atoms with Crippen molar-refractivity contribution < 1.29 is 47.7 Å². The van der Waals surface area contributed by atoms with E-state index in [-0.39, 0.29) is 42.6 Å². The molecule has 208 valence electrons. The smallest absolute Gasteiger partial charge is 0.336 e. The molecule has 0 unspecified atom stereocenters. The lowest BCUT2D eigenvalue weighted by atomic mass is 9.66. The molecule has 0 amide bonds. The number of Topliss-reactive ketones (excluding diaryl/α,β-unsaturated/α-hetero) is 1. The normalized spacial score (nSPS) is 20.3. The molecule has 1 saturated carbocycles. The molecule has 0 spiro atoms. The van der Waals surface area contributed by atoms with Crippen molar-refractivity contribution >= 4 is 17.7 Å². The second-order valence-electron chi connectivity index (χ2n) is 10.1. The zero-order valence-electron chi connectivity index (χ0n) is 21.2. The standard InChI is InChI=1S/C26H31F2NO9/c1-25(2)19-8-7-17(30)15-18(19)24-20(37-23(33)10-9-22(31)32)13-16(14-21(24)38-25)26(27,28)11-5-3-4-6-12-36-29(34)35/h9-10,13-14,18-19H,3-8,11-12,15H2,1-2H3,(H,31,32)/t18-,19-/m1/s1. The molecule has 3 rings (SSSR count). The second kappa shape index (κ2) is 11.9. The number of benzene rings is 1. The van der Waals surface area contributed by atoms with Crippen molar-refractivity contribution in [2.75, 3.05) is 6.61 Å². The first-order valence-electron chi connectivity index (χ1n) is 12.5. The number of carboxylic acid groups (broad SMARTS) is 1. The topological polar surface area (TPSA) is 142 Å². The fraction of sp³-hybridized carbons (Fsp3) is 0.577. The maximum atomic E-state index is 15.3. The van der Waals surface area contributed by atoms with E-state index in [1.54, 1.807) is 0 Å². The van der Waals surface area contributed by atoms with Gasteiger partial charge in [0, 0.05) is 54.4 Å². The van der Waals surface area contributed by atoms with E-state index in [1.165, 1.54) is 6.07 Å². The quantitative estimate of drug-likeness (QED) is 0.0957. The summed E-state index contributed by atoms with van der Waals surface area (Å²) in [5.74, 6) is -6.37. The summed E-state index contributed by atoms with van der Waals surface area (Å²) in [6.45, 7) is 3.56. The molecule has 38 heavy (non-hydrogen) atoms. The minimum Gasteiger partial charge on any atom is -0.487 e. The van der Waals surface area contributed by atoms with E-state index in [0.29, 0.717) is 49.8 Å². The van der Waals surface area contributed by atoms with Crippen molar-refractivity contribution in [2.45, 2.75) is 82.7 Å². The lowest BCUT2D eigenvalue weighted by Gasteiger charge is -2.47. The third-order valence-electron chi connectivity index (χ3n) is 6.99. The van der Waals surface area contributed by atoms with E-state index in [9.17, 15) is 24.5 Å². The molecule has 1 N–H and O–H groups in total. The number of rotatable bonds is 12. The molecule has 1 aliphatic heterocycles. The van der Waals surface area contributed by atoms with E-state index in [2.05, 4.69) is 4.84 Å². The minimum absolute atomic E-state index is 0.0102.